The number of pyridine rings is 1. The topological polar surface area (TPSA) is 117 Å². The molecule has 182 valence electrons. The van der Waals surface area contributed by atoms with Gasteiger partial charge in [0.2, 0.25) is 11.8 Å². The van der Waals surface area contributed by atoms with E-state index in [0.717, 1.165) is 27.2 Å². The van der Waals surface area contributed by atoms with E-state index >= 15 is 0 Å². The van der Waals surface area contributed by atoms with Crippen LogP contribution in [-0.2, 0) is 7.05 Å². The van der Waals surface area contributed by atoms with Crippen LogP contribution in [0.1, 0.15) is 16.7 Å². The summed E-state index contributed by atoms with van der Waals surface area (Å²) in [6.07, 6.45) is 4.05. The number of benzene rings is 2. The van der Waals surface area contributed by atoms with E-state index in [4.69, 9.17) is 10.00 Å². The smallest absolute Gasteiger partial charge is 0.418 e. The van der Waals surface area contributed by atoms with Crippen LogP contribution in [-0.4, -0.2) is 30.7 Å². The first-order valence-electron chi connectivity index (χ1n) is 11.4. The summed E-state index contributed by atoms with van der Waals surface area (Å²) in [5, 5.41) is 19.1. The molecule has 0 saturated heterocycles. The minimum absolute atomic E-state index is 0.0605. The SMILES string of the molecule is Cc1cc(-c2ccncc2)cc(C)c1Oc1nc(N(C(=O)O)c2ccc(C#N)cc2)nc2ccn(C)c12. The van der Waals surface area contributed by atoms with Gasteiger partial charge in [-0.15, -0.1) is 0 Å². The van der Waals surface area contributed by atoms with Crippen molar-refractivity contribution in [3.63, 3.8) is 0 Å². The third kappa shape index (κ3) is 4.44. The molecule has 5 aromatic rings. The Kier molecular flexibility index (Phi) is 5.99. The van der Waals surface area contributed by atoms with Crippen LogP contribution >= 0.6 is 0 Å². The Morgan fingerprint density at radius 1 is 1.00 bits per heavy atom. The van der Waals surface area contributed by atoms with Crippen molar-refractivity contribution in [1.29, 1.82) is 5.26 Å². The van der Waals surface area contributed by atoms with E-state index in [2.05, 4.69) is 15.0 Å². The maximum absolute atomic E-state index is 12.3. The van der Waals surface area contributed by atoms with Crippen molar-refractivity contribution >= 4 is 28.8 Å². The predicted molar refractivity (Wildman–Crippen MR) is 139 cm³/mol. The molecule has 3 aromatic heterocycles. The Hall–Kier alpha value is -5.23. The summed E-state index contributed by atoms with van der Waals surface area (Å²) < 4.78 is 8.21. The summed E-state index contributed by atoms with van der Waals surface area (Å²) in [6.45, 7) is 3.91. The molecule has 3 heterocycles. The third-order valence-corrected chi connectivity index (χ3v) is 5.99. The summed E-state index contributed by atoms with van der Waals surface area (Å²) in [6, 6.07) is 17.9. The first-order chi connectivity index (χ1) is 17.9. The molecule has 9 nitrogen and oxygen atoms in total. The number of anilines is 2. The molecule has 0 saturated carbocycles. The first kappa shape index (κ1) is 23.5. The number of nitrogens with zero attached hydrogens (tertiary/aromatic N) is 6. The van der Waals surface area contributed by atoms with Gasteiger partial charge in [-0.2, -0.15) is 10.2 Å². The highest BCUT2D eigenvalue weighted by atomic mass is 16.5. The van der Waals surface area contributed by atoms with Crippen molar-refractivity contribution in [2.24, 2.45) is 7.05 Å². The zero-order chi connectivity index (χ0) is 26.1. The molecule has 0 fully saturated rings. The molecule has 0 aliphatic carbocycles. The van der Waals surface area contributed by atoms with Crippen molar-refractivity contribution in [1.82, 2.24) is 19.5 Å². The van der Waals surface area contributed by atoms with Crippen LogP contribution < -0.4 is 9.64 Å². The van der Waals surface area contributed by atoms with E-state index in [0.29, 0.717) is 28.0 Å². The summed E-state index contributed by atoms with van der Waals surface area (Å²) in [7, 11) is 1.85. The normalized spacial score (nSPS) is 10.8. The number of aryl methyl sites for hydroxylation is 3. The van der Waals surface area contributed by atoms with Gasteiger partial charge in [-0.05, 0) is 90.7 Å². The summed E-state index contributed by atoms with van der Waals surface area (Å²) in [5.41, 5.74) is 5.77. The maximum atomic E-state index is 12.3. The monoisotopic (exact) mass is 490 g/mol. The standard InChI is InChI=1S/C28H22N6O3/c1-17-14-21(20-8-11-30-12-9-20)15-18(2)25(17)37-26-24-23(10-13-33(24)3)31-27(32-26)34(28(35)36)22-6-4-19(16-29)5-7-22/h4-15H,1-3H3,(H,35,36). The number of amides is 1. The molecule has 0 spiro atoms. The molecule has 1 N–H and O–H groups in total. The molecular formula is C28H22N6O3. The number of fused-ring (bicyclic) bond motifs is 1. The number of ether oxygens (including phenoxy) is 1. The Bertz CT molecular complexity index is 1650. The first-order valence-corrected chi connectivity index (χ1v) is 11.4. The van der Waals surface area contributed by atoms with Crippen LogP contribution in [0.2, 0.25) is 0 Å². The summed E-state index contributed by atoms with van der Waals surface area (Å²) in [4.78, 5) is 26.4. The fraction of sp³-hybridized carbons (Fsp3) is 0.107. The average molecular weight is 491 g/mol. The Morgan fingerprint density at radius 2 is 1.68 bits per heavy atom. The van der Waals surface area contributed by atoms with Gasteiger partial charge in [0.25, 0.3) is 0 Å². The second kappa shape index (κ2) is 9.43. The molecule has 0 atom stereocenters. The summed E-state index contributed by atoms with van der Waals surface area (Å²) >= 11 is 0. The molecule has 0 aliphatic heterocycles. The van der Waals surface area contributed by atoms with Crippen LogP contribution in [0, 0.1) is 25.2 Å². The number of rotatable bonds is 5. The molecule has 5 rings (SSSR count). The van der Waals surface area contributed by atoms with Gasteiger partial charge in [0.05, 0.1) is 22.8 Å². The second-order valence-corrected chi connectivity index (χ2v) is 8.54. The van der Waals surface area contributed by atoms with Crippen LogP contribution in [0.5, 0.6) is 11.6 Å². The largest absolute Gasteiger partial charge is 0.464 e. The van der Waals surface area contributed by atoms with Gasteiger partial charge in [-0.25, -0.2) is 14.7 Å². The highest BCUT2D eigenvalue weighted by Gasteiger charge is 2.24. The van der Waals surface area contributed by atoms with Gasteiger partial charge in [0.15, 0.2) is 0 Å². The lowest BCUT2D eigenvalue weighted by atomic mass is 10.0. The van der Waals surface area contributed by atoms with E-state index in [1.54, 1.807) is 30.6 Å². The van der Waals surface area contributed by atoms with Gasteiger partial charge < -0.3 is 14.4 Å². The molecule has 0 unspecified atom stereocenters. The molecule has 2 aromatic carbocycles. The molecule has 0 bridgehead atoms. The highest BCUT2D eigenvalue weighted by Crippen LogP contribution is 2.36. The van der Waals surface area contributed by atoms with Crippen LogP contribution in [0.15, 0.2) is 73.2 Å². The van der Waals surface area contributed by atoms with Crippen molar-refractivity contribution in [3.05, 3.63) is 89.9 Å². The average Bonchev–Trinajstić information content (AvgIpc) is 3.27. The quantitative estimate of drug-likeness (QED) is 0.315. The second-order valence-electron chi connectivity index (χ2n) is 8.54. The number of carboxylic acid groups (broad SMARTS) is 1. The van der Waals surface area contributed by atoms with Gasteiger partial charge in [0, 0.05) is 25.6 Å². The Labute approximate surface area is 212 Å². The molecule has 37 heavy (non-hydrogen) atoms. The van der Waals surface area contributed by atoms with Crippen molar-refractivity contribution in [2.75, 3.05) is 4.90 Å². The predicted octanol–water partition coefficient (Wildman–Crippen LogP) is 6.13. The molecule has 0 radical (unpaired) electrons. The maximum Gasteiger partial charge on any atom is 0.418 e. The zero-order valence-electron chi connectivity index (χ0n) is 20.4. The van der Waals surface area contributed by atoms with Crippen molar-refractivity contribution < 1.29 is 14.6 Å². The lowest BCUT2D eigenvalue weighted by Crippen LogP contribution is -2.25. The van der Waals surface area contributed by atoms with E-state index in [-0.39, 0.29) is 11.8 Å². The molecular weight excluding hydrogens is 468 g/mol. The minimum Gasteiger partial charge on any atom is -0.464 e. The minimum atomic E-state index is -1.26. The Morgan fingerprint density at radius 3 is 2.30 bits per heavy atom. The number of carbonyl (C=O) groups is 1. The fourth-order valence-corrected chi connectivity index (χ4v) is 4.23. The number of hydrogen-bond acceptors (Lipinski definition) is 6. The van der Waals surface area contributed by atoms with Gasteiger partial charge >= 0.3 is 6.09 Å². The lowest BCUT2D eigenvalue weighted by Gasteiger charge is -2.19. The van der Waals surface area contributed by atoms with Crippen LogP contribution in [0.3, 0.4) is 0 Å². The number of aromatic nitrogens is 4. The third-order valence-electron chi connectivity index (χ3n) is 5.99. The van der Waals surface area contributed by atoms with Gasteiger partial charge in [0.1, 0.15) is 11.3 Å². The number of nitriles is 1. The molecule has 9 heteroatoms. The van der Waals surface area contributed by atoms with Crippen LogP contribution in [0.4, 0.5) is 16.4 Å². The molecule has 1 amide bonds. The van der Waals surface area contributed by atoms with E-state index in [1.165, 1.54) is 12.1 Å². The van der Waals surface area contributed by atoms with Crippen molar-refractivity contribution in [2.45, 2.75) is 13.8 Å². The summed E-state index contributed by atoms with van der Waals surface area (Å²) in [5.74, 6) is 0.801. The lowest BCUT2D eigenvalue weighted by molar-refractivity contribution is 0.204. The van der Waals surface area contributed by atoms with E-state index < -0.39 is 6.09 Å². The Balaban J connectivity index is 1.61. The van der Waals surface area contributed by atoms with Crippen LogP contribution in [0.25, 0.3) is 22.2 Å². The zero-order valence-corrected chi connectivity index (χ0v) is 20.4. The van der Waals surface area contributed by atoms with Crippen molar-refractivity contribution in [3.8, 4) is 28.8 Å². The van der Waals surface area contributed by atoms with Gasteiger partial charge in [-0.3, -0.25) is 4.98 Å². The fourth-order valence-electron chi connectivity index (χ4n) is 4.23. The van der Waals surface area contributed by atoms with E-state index in [1.807, 2.05) is 62.0 Å². The number of hydrogen-bond donors (Lipinski definition) is 1. The van der Waals surface area contributed by atoms with Gasteiger partial charge in [-0.1, -0.05) is 0 Å². The highest BCUT2D eigenvalue weighted by molar-refractivity contribution is 5.94. The van der Waals surface area contributed by atoms with E-state index in [9.17, 15) is 9.90 Å². The molecule has 0 aliphatic rings.